The molecule has 8 nitrogen and oxygen atoms in total. The average molecular weight is 503 g/mol. The van der Waals surface area contributed by atoms with E-state index < -0.39 is 0 Å². The third-order valence-corrected chi connectivity index (χ3v) is 6.21. The molecule has 0 radical (unpaired) electrons. The Morgan fingerprint density at radius 2 is 1.89 bits per heavy atom. The zero-order chi connectivity index (χ0) is 26.4. The van der Waals surface area contributed by atoms with Gasteiger partial charge in [0, 0.05) is 56.0 Å². The Kier molecular flexibility index (Phi) is 8.38. The van der Waals surface area contributed by atoms with Crippen LogP contribution < -0.4 is 19.7 Å². The molecule has 1 aliphatic heterocycles. The predicted molar refractivity (Wildman–Crippen MR) is 144 cm³/mol. The molecule has 37 heavy (non-hydrogen) atoms. The molecule has 194 valence electrons. The zero-order valence-electron chi connectivity index (χ0n) is 21.8. The van der Waals surface area contributed by atoms with E-state index in [-0.39, 0.29) is 29.8 Å². The maximum atomic E-state index is 12.8. The van der Waals surface area contributed by atoms with Gasteiger partial charge in [0.1, 0.15) is 11.9 Å². The van der Waals surface area contributed by atoms with E-state index in [9.17, 15) is 9.59 Å². The number of ether oxygens (including phenoxy) is 2. The first kappa shape index (κ1) is 26.1. The minimum absolute atomic E-state index is 0.0170. The summed E-state index contributed by atoms with van der Waals surface area (Å²) in [5.41, 5.74) is 3.16. The summed E-state index contributed by atoms with van der Waals surface area (Å²) >= 11 is 0. The van der Waals surface area contributed by atoms with E-state index in [0.29, 0.717) is 23.6 Å². The quantitative estimate of drug-likeness (QED) is 0.378. The molecule has 1 fully saturated rings. The number of ketones is 1. The topological polar surface area (TPSA) is 93.7 Å². The van der Waals surface area contributed by atoms with E-state index in [1.54, 1.807) is 12.3 Å². The van der Waals surface area contributed by atoms with E-state index in [0.717, 1.165) is 36.5 Å². The lowest BCUT2D eigenvalue weighted by atomic mass is 9.93. The van der Waals surface area contributed by atoms with Crippen LogP contribution in [0.2, 0.25) is 0 Å². The van der Waals surface area contributed by atoms with Crippen LogP contribution in [-0.2, 0) is 4.79 Å². The number of benzene rings is 1. The second-order valence-electron chi connectivity index (χ2n) is 9.73. The van der Waals surface area contributed by atoms with Crippen molar-refractivity contribution in [2.24, 2.45) is 0 Å². The van der Waals surface area contributed by atoms with Crippen molar-refractivity contribution in [2.45, 2.75) is 58.7 Å². The van der Waals surface area contributed by atoms with Gasteiger partial charge in [-0.1, -0.05) is 19.1 Å². The van der Waals surface area contributed by atoms with E-state index in [1.807, 2.05) is 57.2 Å². The number of anilines is 2. The molecule has 2 aromatic heterocycles. The minimum Gasteiger partial charge on any atom is -0.489 e. The summed E-state index contributed by atoms with van der Waals surface area (Å²) in [5.74, 6) is 1.27. The van der Waals surface area contributed by atoms with Crippen molar-refractivity contribution in [1.29, 1.82) is 0 Å². The molecule has 1 amide bonds. The maximum absolute atomic E-state index is 12.8. The van der Waals surface area contributed by atoms with Crippen molar-refractivity contribution in [3.05, 3.63) is 72.2 Å². The summed E-state index contributed by atoms with van der Waals surface area (Å²) in [6.07, 6.45) is 6.29. The van der Waals surface area contributed by atoms with Crippen LogP contribution in [-0.4, -0.2) is 47.0 Å². The number of rotatable bonds is 10. The van der Waals surface area contributed by atoms with Crippen molar-refractivity contribution in [2.75, 3.05) is 23.3 Å². The minimum atomic E-state index is -0.199. The van der Waals surface area contributed by atoms with Crippen LogP contribution in [0, 0.1) is 0 Å². The molecular weight excluding hydrogens is 468 g/mol. The normalized spacial score (nSPS) is 15.9. The van der Waals surface area contributed by atoms with Crippen LogP contribution in [0.3, 0.4) is 0 Å². The Morgan fingerprint density at radius 3 is 2.62 bits per heavy atom. The SMILES string of the molecule is CC(=O)Nc1cncc(C(=O)C[C@@H](C)c2ccc(OC3CCN(c4ccnc(OC(C)C)c4)C3)cc2)c1. The third kappa shape index (κ3) is 7.29. The van der Waals surface area contributed by atoms with Crippen molar-refractivity contribution in [3.63, 3.8) is 0 Å². The number of carbonyl (C=O) groups is 2. The number of pyridine rings is 2. The van der Waals surface area contributed by atoms with Gasteiger partial charge < -0.3 is 19.7 Å². The first-order valence-corrected chi connectivity index (χ1v) is 12.7. The summed E-state index contributed by atoms with van der Waals surface area (Å²) in [4.78, 5) is 34.7. The number of Topliss-reactive ketones (excluding diaryl/α,β-unsaturated/α-hetero) is 1. The highest BCUT2D eigenvalue weighted by Gasteiger charge is 2.25. The summed E-state index contributed by atoms with van der Waals surface area (Å²) < 4.78 is 12.0. The van der Waals surface area contributed by atoms with Gasteiger partial charge in [0.2, 0.25) is 11.8 Å². The van der Waals surface area contributed by atoms with E-state index in [1.165, 1.54) is 19.3 Å². The molecule has 3 aromatic rings. The Balaban J connectivity index is 1.31. The van der Waals surface area contributed by atoms with Gasteiger partial charge in [-0.05, 0) is 49.6 Å². The van der Waals surface area contributed by atoms with Gasteiger partial charge in [-0.2, -0.15) is 0 Å². The molecule has 4 rings (SSSR count). The second-order valence-corrected chi connectivity index (χ2v) is 9.73. The first-order chi connectivity index (χ1) is 17.8. The summed E-state index contributed by atoms with van der Waals surface area (Å²) in [7, 11) is 0. The van der Waals surface area contributed by atoms with Crippen LogP contribution in [0.1, 0.15) is 62.4 Å². The summed E-state index contributed by atoms with van der Waals surface area (Å²) in [6, 6.07) is 13.6. The number of carbonyl (C=O) groups excluding carboxylic acids is 2. The van der Waals surface area contributed by atoms with Crippen LogP contribution >= 0.6 is 0 Å². The molecule has 1 N–H and O–H groups in total. The average Bonchev–Trinajstić information content (AvgIpc) is 3.32. The van der Waals surface area contributed by atoms with Gasteiger partial charge in [0.25, 0.3) is 0 Å². The number of aromatic nitrogens is 2. The molecule has 1 unspecified atom stereocenters. The lowest BCUT2D eigenvalue weighted by molar-refractivity contribution is -0.114. The number of amides is 1. The molecule has 0 spiro atoms. The third-order valence-electron chi connectivity index (χ3n) is 6.21. The Bertz CT molecular complexity index is 1230. The largest absolute Gasteiger partial charge is 0.489 e. The Labute approximate surface area is 218 Å². The van der Waals surface area contributed by atoms with Crippen molar-refractivity contribution in [1.82, 2.24) is 9.97 Å². The fourth-order valence-corrected chi connectivity index (χ4v) is 4.41. The molecule has 1 aromatic carbocycles. The van der Waals surface area contributed by atoms with Crippen molar-refractivity contribution in [3.8, 4) is 11.6 Å². The van der Waals surface area contributed by atoms with Crippen LogP contribution in [0.15, 0.2) is 61.1 Å². The van der Waals surface area contributed by atoms with Gasteiger partial charge >= 0.3 is 0 Å². The van der Waals surface area contributed by atoms with Crippen LogP contribution in [0.25, 0.3) is 0 Å². The van der Waals surface area contributed by atoms with Crippen molar-refractivity contribution >= 4 is 23.1 Å². The highest BCUT2D eigenvalue weighted by Crippen LogP contribution is 2.28. The van der Waals surface area contributed by atoms with E-state index in [4.69, 9.17) is 9.47 Å². The van der Waals surface area contributed by atoms with Crippen LogP contribution in [0.5, 0.6) is 11.6 Å². The smallest absolute Gasteiger partial charge is 0.221 e. The molecule has 0 aliphatic carbocycles. The monoisotopic (exact) mass is 502 g/mol. The molecule has 0 bridgehead atoms. The van der Waals surface area contributed by atoms with E-state index in [2.05, 4.69) is 20.2 Å². The first-order valence-electron chi connectivity index (χ1n) is 12.7. The van der Waals surface area contributed by atoms with Crippen LogP contribution in [0.4, 0.5) is 11.4 Å². The second kappa shape index (κ2) is 11.9. The molecule has 1 saturated heterocycles. The fraction of sp³-hybridized carbons (Fsp3) is 0.379. The molecule has 0 saturated carbocycles. The molecule has 3 heterocycles. The highest BCUT2D eigenvalue weighted by atomic mass is 16.5. The zero-order valence-corrected chi connectivity index (χ0v) is 21.8. The van der Waals surface area contributed by atoms with Gasteiger partial charge in [-0.3, -0.25) is 14.6 Å². The molecule has 2 atom stereocenters. The van der Waals surface area contributed by atoms with Gasteiger partial charge in [-0.25, -0.2) is 4.98 Å². The molecular formula is C29H34N4O4. The van der Waals surface area contributed by atoms with Gasteiger partial charge in [0.15, 0.2) is 5.78 Å². The predicted octanol–water partition coefficient (Wildman–Crippen LogP) is 5.26. The maximum Gasteiger partial charge on any atom is 0.221 e. The number of nitrogens with zero attached hydrogens (tertiary/aromatic N) is 3. The standard InChI is InChI=1S/C29H34N4O4/c1-19(2)36-29-15-25(9-11-31-29)33-12-10-27(18-33)37-26-7-5-22(6-8-26)20(3)13-28(35)23-14-24(17-30-16-23)32-21(4)34/h5-9,11,14-17,19-20,27H,10,12-13,18H2,1-4H3,(H,32,34)/t20-,27?/m1/s1. The van der Waals surface area contributed by atoms with Gasteiger partial charge in [0.05, 0.1) is 24.5 Å². The molecule has 1 aliphatic rings. The van der Waals surface area contributed by atoms with Crippen molar-refractivity contribution < 1.29 is 19.1 Å². The summed E-state index contributed by atoms with van der Waals surface area (Å²) in [6.45, 7) is 9.13. The molecule has 8 heteroatoms. The highest BCUT2D eigenvalue weighted by molar-refractivity contribution is 5.98. The number of nitrogens with one attached hydrogen (secondary N) is 1. The number of hydrogen-bond acceptors (Lipinski definition) is 7. The fourth-order valence-electron chi connectivity index (χ4n) is 4.41. The summed E-state index contributed by atoms with van der Waals surface area (Å²) in [5, 5.41) is 2.66. The number of hydrogen-bond donors (Lipinski definition) is 1. The Morgan fingerprint density at radius 1 is 1.11 bits per heavy atom. The Hall–Kier alpha value is -3.94. The lowest BCUT2D eigenvalue weighted by Crippen LogP contribution is -2.24. The lowest BCUT2D eigenvalue weighted by Gasteiger charge is -2.20. The van der Waals surface area contributed by atoms with Gasteiger partial charge in [-0.15, -0.1) is 0 Å². The van der Waals surface area contributed by atoms with E-state index >= 15 is 0 Å².